The highest BCUT2D eigenvalue weighted by molar-refractivity contribution is 6.06. The zero-order chi connectivity index (χ0) is 18.4. The van der Waals surface area contributed by atoms with E-state index in [0.29, 0.717) is 0 Å². The van der Waals surface area contributed by atoms with Crippen LogP contribution in [0.3, 0.4) is 0 Å². The third kappa shape index (κ3) is 5.26. The topological polar surface area (TPSA) is 72.6 Å². The molecular weight excluding hydrogens is 323 g/mol. The second-order valence-electron chi connectivity index (χ2n) is 6.32. The molecule has 0 bridgehead atoms. The number of benzene rings is 1. The third-order valence-corrected chi connectivity index (χ3v) is 4.11. The predicted octanol–water partition coefficient (Wildman–Crippen LogP) is 2.48. The maximum atomic E-state index is 14.0. The molecule has 0 radical (unpaired) electrons. The standard InChI is InChI=1S/C19H23FN2O3/c1-3-15(23)16(25-13-14-7-5-4-6-8-14)11-18(24)22-10-9-19(2,20)12-17(22)21/h3-8,11,17H,1,9-10,12-13,21H2,2H3/b16-11-. The van der Waals surface area contributed by atoms with Gasteiger partial charge in [0.15, 0.2) is 5.76 Å². The van der Waals surface area contributed by atoms with E-state index in [1.165, 1.54) is 11.8 Å². The molecule has 1 saturated heterocycles. The Bertz CT molecular complexity index is 671. The van der Waals surface area contributed by atoms with Crippen molar-refractivity contribution in [2.45, 2.75) is 38.2 Å². The number of hydrogen-bond acceptors (Lipinski definition) is 4. The van der Waals surface area contributed by atoms with Crippen molar-refractivity contribution in [1.82, 2.24) is 4.90 Å². The van der Waals surface area contributed by atoms with Crippen LogP contribution < -0.4 is 5.73 Å². The van der Waals surface area contributed by atoms with Gasteiger partial charge in [0, 0.05) is 19.0 Å². The second-order valence-corrected chi connectivity index (χ2v) is 6.32. The van der Waals surface area contributed by atoms with Crippen LogP contribution in [0.4, 0.5) is 4.39 Å². The molecule has 1 fully saturated rings. The summed E-state index contributed by atoms with van der Waals surface area (Å²) in [6.45, 7) is 5.23. The molecule has 2 atom stereocenters. The second kappa shape index (κ2) is 8.07. The van der Waals surface area contributed by atoms with Gasteiger partial charge in [0.1, 0.15) is 12.3 Å². The average molecular weight is 346 g/mol. The van der Waals surface area contributed by atoms with Crippen molar-refractivity contribution in [2.24, 2.45) is 5.73 Å². The first-order valence-electron chi connectivity index (χ1n) is 8.13. The number of piperidine rings is 1. The van der Waals surface area contributed by atoms with Crippen LogP contribution in [0, 0.1) is 0 Å². The van der Waals surface area contributed by atoms with E-state index in [9.17, 15) is 14.0 Å². The van der Waals surface area contributed by atoms with Crippen molar-refractivity contribution in [2.75, 3.05) is 6.54 Å². The van der Waals surface area contributed by atoms with Crippen molar-refractivity contribution in [3.8, 4) is 0 Å². The highest BCUT2D eigenvalue weighted by atomic mass is 19.1. The smallest absolute Gasteiger partial charge is 0.251 e. The van der Waals surface area contributed by atoms with Gasteiger partial charge in [-0.25, -0.2) is 4.39 Å². The number of allylic oxidation sites excluding steroid dienone is 1. The largest absolute Gasteiger partial charge is 0.485 e. The van der Waals surface area contributed by atoms with Gasteiger partial charge in [0.2, 0.25) is 5.78 Å². The number of carbonyl (C=O) groups is 2. The van der Waals surface area contributed by atoms with Gasteiger partial charge in [0.25, 0.3) is 5.91 Å². The summed E-state index contributed by atoms with van der Waals surface area (Å²) in [5.74, 6) is -1.07. The normalized spacial score (nSPS) is 23.9. The summed E-state index contributed by atoms with van der Waals surface area (Å²) >= 11 is 0. The molecule has 0 spiro atoms. The van der Waals surface area contributed by atoms with Gasteiger partial charge >= 0.3 is 0 Å². The lowest BCUT2D eigenvalue weighted by Gasteiger charge is -2.38. The molecule has 1 amide bonds. The van der Waals surface area contributed by atoms with E-state index in [0.717, 1.165) is 17.7 Å². The Labute approximate surface area is 146 Å². The van der Waals surface area contributed by atoms with E-state index >= 15 is 0 Å². The number of alkyl halides is 1. The van der Waals surface area contributed by atoms with Crippen LogP contribution in [0.5, 0.6) is 0 Å². The Morgan fingerprint density at radius 3 is 2.72 bits per heavy atom. The fourth-order valence-corrected chi connectivity index (χ4v) is 2.66. The average Bonchev–Trinajstić information content (AvgIpc) is 2.57. The fourth-order valence-electron chi connectivity index (χ4n) is 2.66. The Hall–Kier alpha value is -2.47. The molecule has 2 rings (SSSR count). The quantitative estimate of drug-likeness (QED) is 0.634. The molecule has 5 nitrogen and oxygen atoms in total. The van der Waals surface area contributed by atoms with Gasteiger partial charge in [-0.3, -0.25) is 9.59 Å². The minimum atomic E-state index is -1.39. The third-order valence-electron chi connectivity index (χ3n) is 4.11. The molecule has 1 aromatic carbocycles. The molecule has 1 aromatic rings. The van der Waals surface area contributed by atoms with E-state index in [4.69, 9.17) is 10.5 Å². The Kier molecular flexibility index (Phi) is 6.09. The van der Waals surface area contributed by atoms with Crippen molar-refractivity contribution in [3.05, 3.63) is 60.4 Å². The molecule has 1 heterocycles. The number of hydrogen-bond donors (Lipinski definition) is 1. The number of nitrogens with two attached hydrogens (primary N) is 1. The van der Waals surface area contributed by atoms with E-state index in [1.54, 1.807) is 0 Å². The van der Waals surface area contributed by atoms with E-state index < -0.39 is 23.5 Å². The van der Waals surface area contributed by atoms with Crippen LogP contribution in [-0.4, -0.2) is 35.0 Å². The number of rotatable bonds is 6. The number of amides is 1. The van der Waals surface area contributed by atoms with Crippen LogP contribution >= 0.6 is 0 Å². The van der Waals surface area contributed by atoms with Gasteiger partial charge < -0.3 is 15.4 Å². The van der Waals surface area contributed by atoms with Gasteiger partial charge in [-0.1, -0.05) is 36.9 Å². The van der Waals surface area contributed by atoms with Gasteiger partial charge in [-0.05, 0) is 25.0 Å². The molecule has 6 heteroatoms. The predicted molar refractivity (Wildman–Crippen MR) is 93.0 cm³/mol. The van der Waals surface area contributed by atoms with Crippen LogP contribution in [0.2, 0.25) is 0 Å². The Balaban J connectivity index is 2.09. The monoisotopic (exact) mass is 346 g/mol. The molecule has 2 unspecified atom stereocenters. The molecular formula is C19H23FN2O3. The van der Waals surface area contributed by atoms with Crippen molar-refractivity contribution < 1.29 is 18.7 Å². The first-order valence-corrected chi connectivity index (χ1v) is 8.13. The zero-order valence-electron chi connectivity index (χ0n) is 14.3. The van der Waals surface area contributed by atoms with Crippen molar-refractivity contribution >= 4 is 11.7 Å². The van der Waals surface area contributed by atoms with E-state index in [1.807, 2.05) is 30.3 Å². The maximum absolute atomic E-state index is 14.0. The molecule has 1 aliphatic heterocycles. The lowest BCUT2D eigenvalue weighted by molar-refractivity contribution is -0.132. The van der Waals surface area contributed by atoms with Crippen molar-refractivity contribution in [1.29, 1.82) is 0 Å². The fraction of sp³-hybridized carbons (Fsp3) is 0.368. The summed E-state index contributed by atoms with van der Waals surface area (Å²) in [7, 11) is 0. The highest BCUT2D eigenvalue weighted by Crippen LogP contribution is 2.28. The van der Waals surface area contributed by atoms with Gasteiger partial charge in [0.05, 0.1) is 6.17 Å². The van der Waals surface area contributed by atoms with E-state index in [2.05, 4.69) is 6.58 Å². The lowest BCUT2D eigenvalue weighted by Crippen LogP contribution is -2.54. The Morgan fingerprint density at radius 2 is 2.12 bits per heavy atom. The van der Waals surface area contributed by atoms with Crippen molar-refractivity contribution in [3.63, 3.8) is 0 Å². The summed E-state index contributed by atoms with van der Waals surface area (Å²) < 4.78 is 19.5. The van der Waals surface area contributed by atoms with Gasteiger partial charge in [-0.2, -0.15) is 0 Å². The van der Waals surface area contributed by atoms with E-state index in [-0.39, 0.29) is 31.8 Å². The van der Waals surface area contributed by atoms with Crippen LogP contribution in [0.15, 0.2) is 54.8 Å². The van der Waals surface area contributed by atoms with Crippen LogP contribution in [-0.2, 0) is 20.9 Å². The number of halogens is 1. The SMILES string of the molecule is C=CC(=O)/C(=C/C(=O)N1CCC(C)(F)CC1N)OCc1ccccc1. The maximum Gasteiger partial charge on any atom is 0.251 e. The molecule has 2 N–H and O–H groups in total. The summed E-state index contributed by atoms with van der Waals surface area (Å²) in [5, 5.41) is 0. The number of nitrogens with zero attached hydrogens (tertiary/aromatic N) is 1. The lowest BCUT2D eigenvalue weighted by atomic mass is 9.93. The first kappa shape index (κ1) is 18.9. The Morgan fingerprint density at radius 1 is 1.44 bits per heavy atom. The van der Waals surface area contributed by atoms with Gasteiger partial charge in [-0.15, -0.1) is 0 Å². The molecule has 0 aromatic heterocycles. The summed E-state index contributed by atoms with van der Waals surface area (Å²) in [4.78, 5) is 25.8. The number of ether oxygens (including phenoxy) is 1. The molecule has 1 aliphatic rings. The number of ketones is 1. The minimum Gasteiger partial charge on any atom is -0.485 e. The van der Waals surface area contributed by atoms with Crippen LogP contribution in [0.25, 0.3) is 0 Å². The molecule has 0 aliphatic carbocycles. The van der Waals surface area contributed by atoms with Crippen LogP contribution in [0.1, 0.15) is 25.3 Å². The highest BCUT2D eigenvalue weighted by Gasteiger charge is 2.36. The summed E-state index contributed by atoms with van der Waals surface area (Å²) in [6.07, 6.45) is 1.71. The summed E-state index contributed by atoms with van der Waals surface area (Å²) in [6, 6.07) is 9.27. The minimum absolute atomic E-state index is 0.0577. The number of likely N-dealkylation sites (tertiary alicyclic amines) is 1. The molecule has 0 saturated carbocycles. The molecule has 134 valence electrons. The molecule has 25 heavy (non-hydrogen) atoms. The summed E-state index contributed by atoms with van der Waals surface area (Å²) in [5.41, 5.74) is 5.37. The first-order chi connectivity index (χ1) is 11.8. The number of carbonyl (C=O) groups excluding carboxylic acids is 2. The zero-order valence-corrected chi connectivity index (χ0v) is 14.3.